The maximum atomic E-state index is 2.71. The topological polar surface area (TPSA) is 0 Å². The minimum atomic E-state index is -0.846. The van der Waals surface area contributed by atoms with Crippen LogP contribution in [0.5, 0.6) is 0 Å². The third-order valence-electron chi connectivity index (χ3n) is 2.07. The zero-order chi connectivity index (χ0) is 7.61. The van der Waals surface area contributed by atoms with Gasteiger partial charge in [-0.15, -0.1) is 0 Å². The fourth-order valence-corrected chi connectivity index (χ4v) is 8.10. The molecule has 60 valence electrons. The molecule has 0 radical (unpaired) electrons. The smallest absolute Gasteiger partial charge is 0.0907 e. The molecule has 0 aromatic carbocycles. The highest BCUT2D eigenvalue weighted by molar-refractivity contribution is 14.4. The Morgan fingerprint density at radius 2 is 1.40 bits per heavy atom. The second-order valence-corrected chi connectivity index (χ2v) is 38.7. The summed E-state index contributed by atoms with van der Waals surface area (Å²) in [6, 6.07) is 0. The molecule has 0 amide bonds. The third kappa shape index (κ3) is 3.42. The lowest BCUT2D eigenvalue weighted by Gasteiger charge is -2.27. The largest absolute Gasteiger partial charge is 0.256 e. The summed E-state index contributed by atoms with van der Waals surface area (Å²) >= 11 is 8.12. The van der Waals surface area contributed by atoms with E-state index in [-0.39, 0.29) is 0 Å². The first-order valence-electron chi connectivity index (χ1n) is 3.67. The van der Waals surface area contributed by atoms with Crippen molar-refractivity contribution in [2.45, 2.75) is 37.6 Å². The zero-order valence-electron chi connectivity index (χ0n) is 5.75. The van der Waals surface area contributed by atoms with Crippen LogP contribution in [0, 0.1) is 0 Å². The summed E-state index contributed by atoms with van der Waals surface area (Å²) in [5.74, 6) is 0. The molecule has 0 spiro atoms. The average molecular weight is 492 g/mol. The molecule has 0 aromatic heterocycles. The van der Waals surface area contributed by atoms with E-state index in [2.05, 4.69) is 65.4 Å². The molecule has 1 aliphatic carbocycles. The molecule has 0 N–H and O–H groups in total. The van der Waals surface area contributed by atoms with E-state index < -0.39 is 0.564 Å². The van der Waals surface area contributed by atoms with Crippen molar-refractivity contribution < 1.29 is 0 Å². The molecule has 0 aromatic rings. The van der Waals surface area contributed by atoms with Crippen molar-refractivity contribution in [2.75, 3.05) is 0 Å². The van der Waals surface area contributed by atoms with Crippen LogP contribution >= 0.6 is 65.4 Å². The molecular formula is C6H11I3Si. The van der Waals surface area contributed by atoms with Crippen LogP contribution < -0.4 is 0 Å². The molecule has 10 heavy (non-hydrogen) atoms. The van der Waals surface area contributed by atoms with Crippen molar-refractivity contribution in [3.63, 3.8) is 0 Å². The Balaban J connectivity index is 2.39. The first-order valence-corrected chi connectivity index (χ1v) is 15.1. The van der Waals surface area contributed by atoms with Gasteiger partial charge in [-0.25, -0.2) is 0 Å². The summed E-state index contributed by atoms with van der Waals surface area (Å²) in [5, 5.41) is 0. The molecule has 4 heteroatoms. The van der Waals surface area contributed by atoms with Crippen molar-refractivity contribution in [1.29, 1.82) is 0 Å². The van der Waals surface area contributed by atoms with Crippen molar-refractivity contribution in [3.05, 3.63) is 0 Å². The summed E-state index contributed by atoms with van der Waals surface area (Å²) < 4.78 is -0.846. The van der Waals surface area contributed by atoms with Gasteiger partial charge in [0.25, 0.3) is 0.564 Å². The van der Waals surface area contributed by atoms with Gasteiger partial charge < -0.3 is 0 Å². The second-order valence-electron chi connectivity index (χ2n) is 2.88. The van der Waals surface area contributed by atoms with Crippen molar-refractivity contribution in [2.24, 2.45) is 0 Å². The van der Waals surface area contributed by atoms with Crippen LogP contribution in [0.25, 0.3) is 0 Å². The maximum absolute atomic E-state index is 2.71. The van der Waals surface area contributed by atoms with Crippen LogP contribution in [-0.4, -0.2) is 0.564 Å². The molecule has 0 aliphatic heterocycles. The highest BCUT2D eigenvalue weighted by Gasteiger charge is 2.34. The lowest BCUT2D eigenvalue weighted by molar-refractivity contribution is 0.503. The van der Waals surface area contributed by atoms with Gasteiger partial charge in [0.15, 0.2) is 0 Å². The molecule has 0 nitrogen and oxygen atoms in total. The van der Waals surface area contributed by atoms with E-state index in [0.29, 0.717) is 0 Å². The normalized spacial score (nSPS) is 23.1. The lowest BCUT2D eigenvalue weighted by atomic mass is 10.0. The van der Waals surface area contributed by atoms with Gasteiger partial charge in [-0.2, -0.15) is 0 Å². The predicted molar refractivity (Wildman–Crippen MR) is 74.6 cm³/mol. The lowest BCUT2D eigenvalue weighted by Crippen LogP contribution is -2.19. The molecular weight excluding hydrogens is 481 g/mol. The molecule has 0 heterocycles. The summed E-state index contributed by atoms with van der Waals surface area (Å²) in [6.45, 7) is 0. The fourth-order valence-electron chi connectivity index (χ4n) is 1.43. The van der Waals surface area contributed by atoms with E-state index in [4.69, 9.17) is 0 Å². The molecule has 0 bridgehead atoms. The van der Waals surface area contributed by atoms with Gasteiger partial charge in [0.2, 0.25) is 0 Å². The Bertz CT molecular complexity index is 104. The van der Waals surface area contributed by atoms with Gasteiger partial charge in [-0.3, -0.25) is 0 Å². The highest BCUT2D eigenvalue weighted by Crippen LogP contribution is 2.48. The Morgan fingerprint density at radius 3 is 1.70 bits per heavy atom. The third-order valence-corrected chi connectivity index (χ3v) is 11.5. The maximum Gasteiger partial charge on any atom is 0.256 e. The van der Waals surface area contributed by atoms with E-state index >= 15 is 0 Å². The van der Waals surface area contributed by atoms with Crippen molar-refractivity contribution in [1.82, 2.24) is 0 Å². The van der Waals surface area contributed by atoms with Gasteiger partial charge in [0, 0.05) is 0 Å². The van der Waals surface area contributed by atoms with Crippen LogP contribution in [-0.2, 0) is 0 Å². The fraction of sp³-hybridized carbons (Fsp3) is 1.00. The second kappa shape index (κ2) is 4.59. The van der Waals surface area contributed by atoms with Crippen LogP contribution in [0.15, 0.2) is 0 Å². The number of halogens is 3. The Hall–Kier alpha value is 2.41. The number of rotatable bonds is 1. The molecule has 0 saturated heterocycles. The Labute approximate surface area is 102 Å². The quantitative estimate of drug-likeness (QED) is 0.286. The average Bonchev–Trinajstić information content (AvgIpc) is 1.88. The van der Waals surface area contributed by atoms with E-state index in [1.54, 1.807) is 0 Å². The highest BCUT2D eigenvalue weighted by atomic mass is 127. The monoisotopic (exact) mass is 492 g/mol. The Morgan fingerprint density at radius 1 is 0.900 bits per heavy atom. The van der Waals surface area contributed by atoms with Gasteiger partial charge >= 0.3 is 0 Å². The minimum absolute atomic E-state index is 0.846. The number of hydrogen-bond donors (Lipinski definition) is 0. The predicted octanol–water partition coefficient (Wildman–Crippen LogP) is 4.56. The molecule has 1 saturated carbocycles. The van der Waals surface area contributed by atoms with Crippen LogP contribution in [0.3, 0.4) is 0 Å². The van der Waals surface area contributed by atoms with E-state index in [0.717, 1.165) is 5.54 Å². The molecule has 0 atom stereocenters. The summed E-state index contributed by atoms with van der Waals surface area (Å²) in [4.78, 5) is 0. The first kappa shape index (κ1) is 10.5. The van der Waals surface area contributed by atoms with Crippen LogP contribution in [0.1, 0.15) is 32.1 Å². The minimum Gasteiger partial charge on any atom is -0.0907 e. The first-order chi connectivity index (χ1) is 4.61. The van der Waals surface area contributed by atoms with Gasteiger partial charge in [0.05, 0.1) is 0 Å². The summed E-state index contributed by atoms with van der Waals surface area (Å²) in [5.41, 5.74) is 1.10. The van der Waals surface area contributed by atoms with E-state index in [9.17, 15) is 0 Å². The molecule has 0 unspecified atom stereocenters. The SMILES string of the molecule is I[Si](I)(I)C1CCCCC1. The standard InChI is InChI=1S/C6H11I3Si/c7-10(8,9)6-4-2-1-3-5-6/h6H,1-5H2. The summed E-state index contributed by atoms with van der Waals surface area (Å²) in [7, 11) is 0. The van der Waals surface area contributed by atoms with Crippen LogP contribution in [0.4, 0.5) is 0 Å². The zero-order valence-corrected chi connectivity index (χ0v) is 13.2. The van der Waals surface area contributed by atoms with E-state index in [1.165, 1.54) is 32.1 Å². The Kier molecular flexibility index (Phi) is 4.81. The molecule has 1 fully saturated rings. The molecule has 1 rings (SSSR count). The van der Waals surface area contributed by atoms with Crippen molar-refractivity contribution >= 4 is 66.0 Å². The van der Waals surface area contributed by atoms with Gasteiger partial charge in [-0.1, -0.05) is 97.5 Å². The van der Waals surface area contributed by atoms with Crippen molar-refractivity contribution in [3.8, 4) is 0 Å². The number of hydrogen-bond acceptors (Lipinski definition) is 0. The van der Waals surface area contributed by atoms with E-state index in [1.807, 2.05) is 0 Å². The summed E-state index contributed by atoms with van der Waals surface area (Å²) in [6.07, 6.45) is 7.51. The van der Waals surface area contributed by atoms with Gasteiger partial charge in [-0.05, 0) is 5.54 Å². The van der Waals surface area contributed by atoms with Crippen LogP contribution in [0.2, 0.25) is 5.54 Å². The molecule has 1 aliphatic rings. The van der Waals surface area contributed by atoms with Gasteiger partial charge in [0.1, 0.15) is 0 Å².